The van der Waals surface area contributed by atoms with E-state index in [1.54, 1.807) is 16.7 Å². The summed E-state index contributed by atoms with van der Waals surface area (Å²) in [6.07, 6.45) is 1.13. The van der Waals surface area contributed by atoms with E-state index < -0.39 is 12.1 Å². The minimum atomic E-state index is -0.682. The van der Waals surface area contributed by atoms with E-state index in [0.717, 1.165) is 22.2 Å². The third-order valence-electron chi connectivity index (χ3n) is 8.45. The summed E-state index contributed by atoms with van der Waals surface area (Å²) < 4.78 is 9.28. The third kappa shape index (κ3) is 6.87. The molecule has 2 aromatic carbocycles. The zero-order valence-corrected chi connectivity index (χ0v) is 27.0. The van der Waals surface area contributed by atoms with Crippen molar-refractivity contribution in [2.75, 3.05) is 20.2 Å². The smallest absolute Gasteiger partial charge is 0.256 e. The normalized spacial score (nSPS) is 18.3. The molecule has 2 N–H and O–H groups in total. The van der Waals surface area contributed by atoms with Gasteiger partial charge in [0, 0.05) is 48.7 Å². The van der Waals surface area contributed by atoms with Crippen LogP contribution in [0.25, 0.3) is 22.3 Å². The lowest BCUT2D eigenvalue weighted by Gasteiger charge is -2.26. The number of aromatic nitrogens is 4. The fraction of sp³-hybridized carbons (Fsp3) is 0.441. The summed E-state index contributed by atoms with van der Waals surface area (Å²) in [5.74, 6) is 1.39. The van der Waals surface area contributed by atoms with Crippen LogP contribution in [0.15, 0.2) is 48.5 Å². The molecule has 1 aliphatic rings. The summed E-state index contributed by atoms with van der Waals surface area (Å²) in [6, 6.07) is 14.2. The summed E-state index contributed by atoms with van der Waals surface area (Å²) in [5.41, 5.74) is 3.25. The Bertz CT molecular complexity index is 1690. The highest BCUT2D eigenvalue weighted by atomic mass is 16.5. The molecule has 0 saturated heterocycles. The van der Waals surface area contributed by atoms with E-state index in [1.165, 1.54) is 0 Å². The Balaban J connectivity index is 1.53. The fourth-order valence-corrected chi connectivity index (χ4v) is 5.96. The van der Waals surface area contributed by atoms with Crippen molar-refractivity contribution in [3.05, 3.63) is 65.6 Å². The van der Waals surface area contributed by atoms with Crippen molar-refractivity contribution in [1.82, 2.24) is 34.9 Å². The van der Waals surface area contributed by atoms with Crippen molar-refractivity contribution in [2.45, 2.75) is 65.6 Å². The second-order valence-electron chi connectivity index (χ2n) is 12.2. The number of aryl methyl sites for hydroxylation is 1. The molecule has 4 aromatic rings. The third-order valence-corrected chi connectivity index (χ3v) is 8.45. The van der Waals surface area contributed by atoms with Crippen LogP contribution in [0.3, 0.4) is 0 Å². The maximum atomic E-state index is 14.4. The number of hydrogen-bond acceptors (Lipinski definition) is 6. The van der Waals surface area contributed by atoms with Crippen molar-refractivity contribution in [1.29, 1.82) is 0 Å². The zero-order chi connectivity index (χ0) is 32.2. The Labute approximate surface area is 263 Å². The predicted octanol–water partition coefficient (Wildman–Crippen LogP) is 4.40. The van der Waals surface area contributed by atoms with Crippen LogP contribution in [-0.2, 0) is 23.2 Å². The molecule has 3 heterocycles. The number of methoxy groups -OCH3 is 1. The Hall–Kier alpha value is -4.67. The molecule has 1 aliphatic heterocycles. The fourth-order valence-electron chi connectivity index (χ4n) is 5.96. The van der Waals surface area contributed by atoms with Gasteiger partial charge in [0.15, 0.2) is 5.82 Å². The Morgan fingerprint density at radius 1 is 1.07 bits per heavy atom. The van der Waals surface area contributed by atoms with E-state index in [1.807, 2.05) is 87.8 Å². The quantitative estimate of drug-likeness (QED) is 0.344. The van der Waals surface area contributed by atoms with Crippen molar-refractivity contribution in [3.63, 3.8) is 0 Å². The molecule has 2 atom stereocenters. The summed E-state index contributed by atoms with van der Waals surface area (Å²) in [7, 11) is 3.56. The lowest BCUT2D eigenvalue weighted by Crippen LogP contribution is -2.48. The molecule has 5 rings (SSSR count). The van der Waals surface area contributed by atoms with E-state index in [-0.39, 0.29) is 30.1 Å². The summed E-state index contributed by atoms with van der Waals surface area (Å²) in [4.78, 5) is 47.4. The molecule has 11 heteroatoms. The molecule has 0 fully saturated rings. The van der Waals surface area contributed by atoms with Gasteiger partial charge in [0.25, 0.3) is 5.91 Å². The van der Waals surface area contributed by atoms with Crippen LogP contribution in [-0.4, -0.2) is 68.2 Å². The number of carbonyl (C=O) groups excluding carboxylic acids is 3. The largest absolute Gasteiger partial charge is 0.497 e. The minimum absolute atomic E-state index is 0.122. The molecule has 238 valence electrons. The van der Waals surface area contributed by atoms with E-state index in [9.17, 15) is 14.4 Å². The molecule has 0 spiro atoms. The average Bonchev–Trinajstić information content (AvgIpc) is 3.56. The zero-order valence-electron chi connectivity index (χ0n) is 27.0. The van der Waals surface area contributed by atoms with Gasteiger partial charge in [-0.3, -0.25) is 14.4 Å². The minimum Gasteiger partial charge on any atom is -0.497 e. The Morgan fingerprint density at radius 2 is 1.82 bits per heavy atom. The van der Waals surface area contributed by atoms with Crippen molar-refractivity contribution >= 4 is 28.6 Å². The van der Waals surface area contributed by atoms with Crippen LogP contribution in [0.1, 0.15) is 68.0 Å². The molecule has 0 radical (unpaired) electrons. The van der Waals surface area contributed by atoms with Gasteiger partial charge in [-0.25, -0.2) is 9.67 Å². The maximum Gasteiger partial charge on any atom is 0.256 e. The summed E-state index contributed by atoms with van der Waals surface area (Å²) in [5, 5.41) is 11.6. The van der Waals surface area contributed by atoms with Crippen LogP contribution >= 0.6 is 0 Å². The maximum absolute atomic E-state index is 14.4. The second kappa shape index (κ2) is 13.5. The SMILES string of the molecule is COc1ccc2c(c1)c(C(=O)N1CCCC(=O)N[C@H](CC(C)C)C(=O)N[C@H](C)c3nc(-c4ccccc4)nn3CC1)c(C)n2C. The Morgan fingerprint density at radius 3 is 2.53 bits per heavy atom. The highest BCUT2D eigenvalue weighted by Gasteiger charge is 2.28. The lowest BCUT2D eigenvalue weighted by atomic mass is 10.0. The van der Waals surface area contributed by atoms with Gasteiger partial charge in [0.05, 0.1) is 25.3 Å². The van der Waals surface area contributed by atoms with E-state index in [0.29, 0.717) is 55.4 Å². The monoisotopic (exact) mass is 613 g/mol. The van der Waals surface area contributed by atoms with Gasteiger partial charge in [-0.15, -0.1) is 0 Å². The predicted molar refractivity (Wildman–Crippen MR) is 173 cm³/mol. The van der Waals surface area contributed by atoms with Gasteiger partial charge in [-0.2, -0.15) is 5.10 Å². The van der Waals surface area contributed by atoms with Crippen LogP contribution in [0.2, 0.25) is 0 Å². The molecule has 0 saturated carbocycles. The van der Waals surface area contributed by atoms with Gasteiger partial charge in [0.1, 0.15) is 17.6 Å². The molecular formula is C34H43N7O4. The first kappa shape index (κ1) is 31.7. The topological polar surface area (TPSA) is 123 Å². The van der Waals surface area contributed by atoms with Crippen LogP contribution in [0.5, 0.6) is 5.75 Å². The lowest BCUT2D eigenvalue weighted by molar-refractivity contribution is -0.129. The molecule has 0 unspecified atom stereocenters. The summed E-state index contributed by atoms with van der Waals surface area (Å²) in [6.45, 7) is 8.90. The number of rotatable bonds is 5. The van der Waals surface area contributed by atoms with E-state index in [2.05, 4.69) is 10.6 Å². The number of fused-ring (bicyclic) bond motifs is 2. The highest BCUT2D eigenvalue weighted by Crippen LogP contribution is 2.30. The van der Waals surface area contributed by atoms with Crippen LogP contribution in [0.4, 0.5) is 0 Å². The molecule has 2 aromatic heterocycles. The van der Waals surface area contributed by atoms with E-state index >= 15 is 0 Å². The van der Waals surface area contributed by atoms with Gasteiger partial charge < -0.3 is 24.8 Å². The number of hydrogen-bond donors (Lipinski definition) is 2. The number of nitrogens with one attached hydrogen (secondary N) is 2. The van der Waals surface area contributed by atoms with Crippen LogP contribution in [0, 0.1) is 12.8 Å². The molecule has 11 nitrogen and oxygen atoms in total. The number of ether oxygens (including phenoxy) is 1. The van der Waals surface area contributed by atoms with Crippen LogP contribution < -0.4 is 15.4 Å². The van der Waals surface area contributed by atoms with Crippen molar-refractivity contribution in [2.24, 2.45) is 13.0 Å². The van der Waals surface area contributed by atoms with E-state index in [4.69, 9.17) is 14.8 Å². The molecule has 0 aliphatic carbocycles. The van der Waals surface area contributed by atoms with Gasteiger partial charge in [0.2, 0.25) is 11.8 Å². The average molecular weight is 614 g/mol. The second-order valence-corrected chi connectivity index (χ2v) is 12.2. The first-order valence-electron chi connectivity index (χ1n) is 15.6. The first-order valence-corrected chi connectivity index (χ1v) is 15.6. The Kier molecular flexibility index (Phi) is 9.55. The molecule has 3 amide bonds. The summed E-state index contributed by atoms with van der Waals surface area (Å²) >= 11 is 0. The van der Waals surface area contributed by atoms with Crippen molar-refractivity contribution in [3.8, 4) is 17.1 Å². The van der Waals surface area contributed by atoms with Crippen molar-refractivity contribution < 1.29 is 19.1 Å². The molecular weight excluding hydrogens is 570 g/mol. The van der Waals surface area contributed by atoms with Gasteiger partial charge in [-0.05, 0) is 50.8 Å². The standard InChI is InChI=1S/C34H43N7O4/c1-21(2)19-27-33(43)35-22(3)32-37-31(24-11-8-7-9-12-24)38-41(32)18-17-40(16-10-13-29(42)36-27)34(44)30-23(4)39(5)28-15-14-25(45-6)20-26(28)30/h7-9,11-12,14-15,20-22,27H,10,13,16-19H2,1-6H3,(H,35,43)(H,36,42)/t22-,27-/m1/s1. The first-order chi connectivity index (χ1) is 21.6. The van der Waals surface area contributed by atoms with Gasteiger partial charge in [-0.1, -0.05) is 44.2 Å². The van der Waals surface area contributed by atoms with Gasteiger partial charge >= 0.3 is 0 Å². The molecule has 45 heavy (non-hydrogen) atoms. The molecule has 0 bridgehead atoms. The number of nitrogens with zero attached hydrogens (tertiary/aromatic N) is 5. The number of amides is 3. The highest BCUT2D eigenvalue weighted by molar-refractivity contribution is 6.08. The number of benzene rings is 2. The number of carbonyl (C=O) groups is 3.